The fraction of sp³-hybridized carbons (Fsp3) is 0.154. The molecule has 84 heavy (non-hydrogen) atoms. The molecule has 0 amide bonds. The maximum atomic E-state index is 9.46. The molecule has 5 nitrogen and oxygen atoms in total. The summed E-state index contributed by atoms with van der Waals surface area (Å²) < 4.78 is 45.5. The largest absolute Gasteiger partial charge is 0.493 e. The Morgan fingerprint density at radius 1 is 0.429 bits per heavy atom. The van der Waals surface area contributed by atoms with Gasteiger partial charge in [0.25, 0.3) is 0 Å². The standard InChI is InChI=1S/C78H68N5.Pt/c1-76(2,3)57-42-43-79-74(49-57)83-70-37-22-21-34-68(70)66-32-19-20-33-67(66)69-41-40-61(51-73(69)83)82(60-30-17-12-18-31-60)63-47-55(53-26-13-10-14-27-53)46-62(50-63)80-52-81(72-39-24-23-38-71(72)80)75-64(54-28-15-11-16-29-54)35-25-36-65(75)56-44-58(77(4,5)6)48-59(45-56)78(7,8)9;/h10-49,52H,1-9H3;/q-3;/i11D,15D,16D,28D,29D;. The second-order valence-corrected chi connectivity index (χ2v) is 24.7. The number of anilines is 10. The number of nitrogens with zero attached hydrogens (tertiary/aromatic N) is 5. The molecule has 3 heterocycles. The van der Waals surface area contributed by atoms with Crippen molar-refractivity contribution in [3.63, 3.8) is 0 Å². The van der Waals surface area contributed by atoms with Crippen LogP contribution in [0.2, 0.25) is 0 Å². The van der Waals surface area contributed by atoms with E-state index in [1.807, 2.05) is 42.6 Å². The van der Waals surface area contributed by atoms with Gasteiger partial charge in [-0.15, -0.1) is 53.8 Å². The first-order chi connectivity index (χ1) is 42.1. The molecular formula is C78H68N5Pt-3. The van der Waals surface area contributed by atoms with Crippen molar-refractivity contribution < 1.29 is 27.9 Å². The quantitative estimate of drug-likeness (QED) is 0.134. The third-order valence-electron chi connectivity index (χ3n) is 16.0. The van der Waals surface area contributed by atoms with Crippen LogP contribution in [-0.2, 0) is 37.3 Å². The number of para-hydroxylation sites is 5. The van der Waals surface area contributed by atoms with Gasteiger partial charge in [0, 0.05) is 66.7 Å². The molecule has 2 aliphatic rings. The molecule has 2 aliphatic heterocycles. The van der Waals surface area contributed by atoms with Gasteiger partial charge in [-0.25, -0.2) is 4.98 Å². The number of aromatic nitrogens is 1. The summed E-state index contributed by atoms with van der Waals surface area (Å²) in [6.07, 6.45) is 1.92. The average molecular weight is 1280 g/mol. The summed E-state index contributed by atoms with van der Waals surface area (Å²) in [6, 6.07) is 78.3. The number of benzene rings is 10. The summed E-state index contributed by atoms with van der Waals surface area (Å²) in [5, 5.41) is 0. The van der Waals surface area contributed by atoms with Crippen LogP contribution < -0.4 is 19.6 Å². The van der Waals surface area contributed by atoms with Crippen molar-refractivity contribution in [2.75, 3.05) is 19.6 Å². The number of pyridine rings is 1. The second-order valence-electron chi connectivity index (χ2n) is 24.7. The van der Waals surface area contributed by atoms with E-state index >= 15 is 0 Å². The molecule has 0 bridgehead atoms. The monoisotopic (exact) mass is 1270 g/mol. The minimum Gasteiger partial charge on any atom is -0.493 e. The SMILES string of the molecule is [2H]c1c([2H])c([2H])c(-c2cccc(-c3cc(C(C)(C)C)cc(C(C)(C)C)c3)c2N2[CH-]N(c3[c-]c(N(c4[c-]c5c(cc4)-c4ccccc4-c4ccccc4N5c4cc(C(C)(C)C)ccn4)c4ccccc4)cc(-c4ccccc4)c3)c3ccccc32)c([2H])c1[2H].[Pt]. The van der Waals surface area contributed by atoms with Gasteiger partial charge in [-0.2, -0.15) is 6.07 Å². The van der Waals surface area contributed by atoms with E-state index in [0.717, 1.165) is 113 Å². The zero-order valence-corrected chi connectivity index (χ0v) is 51.1. The fourth-order valence-corrected chi connectivity index (χ4v) is 11.5. The Balaban J connectivity index is 0.00000769. The molecule has 0 aliphatic carbocycles. The van der Waals surface area contributed by atoms with Crippen molar-refractivity contribution in [1.82, 2.24) is 4.98 Å². The van der Waals surface area contributed by atoms with Crippen LogP contribution in [-0.4, -0.2) is 4.98 Å². The molecule has 6 heteroatoms. The zero-order valence-electron chi connectivity index (χ0n) is 53.8. The normalized spacial score (nSPS) is 13.7. The number of hydrogen-bond donors (Lipinski definition) is 0. The topological polar surface area (TPSA) is 25.9 Å². The minimum absolute atomic E-state index is 0. The summed E-state index contributed by atoms with van der Waals surface area (Å²) in [5.74, 6) is 0.786. The Bertz CT molecular complexity index is 4470. The van der Waals surface area contributed by atoms with E-state index in [-0.39, 0.29) is 55.0 Å². The summed E-state index contributed by atoms with van der Waals surface area (Å²) in [6.45, 7) is 22.1. The maximum Gasteiger partial charge on any atom is 0.135 e. The van der Waals surface area contributed by atoms with E-state index in [2.05, 4.69) is 271 Å². The van der Waals surface area contributed by atoms with E-state index in [0.29, 0.717) is 11.3 Å². The summed E-state index contributed by atoms with van der Waals surface area (Å²) in [4.78, 5) is 13.9. The van der Waals surface area contributed by atoms with Crippen LogP contribution in [0.3, 0.4) is 0 Å². The molecule has 0 atom stereocenters. The molecule has 1 aromatic heterocycles. The Labute approximate surface area is 518 Å². The first-order valence-electron chi connectivity index (χ1n) is 31.0. The molecule has 0 spiro atoms. The maximum absolute atomic E-state index is 9.46. The van der Waals surface area contributed by atoms with E-state index in [4.69, 9.17) is 9.10 Å². The van der Waals surface area contributed by atoms with Gasteiger partial charge < -0.3 is 19.6 Å². The first-order valence-corrected chi connectivity index (χ1v) is 28.5. The van der Waals surface area contributed by atoms with Crippen molar-refractivity contribution in [2.45, 2.75) is 78.6 Å². The van der Waals surface area contributed by atoms with Crippen LogP contribution in [0.4, 0.5) is 57.0 Å². The van der Waals surface area contributed by atoms with Crippen LogP contribution in [0.1, 0.15) is 85.9 Å². The van der Waals surface area contributed by atoms with Crippen LogP contribution in [0.25, 0.3) is 55.6 Å². The molecule has 418 valence electrons. The summed E-state index contributed by atoms with van der Waals surface area (Å²) >= 11 is 0. The van der Waals surface area contributed by atoms with Crippen LogP contribution in [0.5, 0.6) is 0 Å². The van der Waals surface area contributed by atoms with Crippen molar-refractivity contribution in [3.05, 3.63) is 278 Å². The van der Waals surface area contributed by atoms with E-state index < -0.39 is 18.1 Å². The molecule has 0 fully saturated rings. The molecule has 0 unspecified atom stereocenters. The Kier molecular flexibility index (Phi) is 13.1. The average Bonchev–Trinajstić information content (AvgIpc) is 1.91. The first kappa shape index (κ1) is 49.8. The van der Waals surface area contributed by atoms with Gasteiger partial charge in [0.2, 0.25) is 0 Å². The molecular weight excluding hydrogens is 1200 g/mol. The third-order valence-corrected chi connectivity index (χ3v) is 16.0. The molecule has 0 saturated heterocycles. The summed E-state index contributed by atoms with van der Waals surface area (Å²) in [7, 11) is 0. The number of hydrogen-bond acceptors (Lipinski definition) is 5. The summed E-state index contributed by atoms with van der Waals surface area (Å²) in [5.41, 5.74) is 19.0. The van der Waals surface area contributed by atoms with Gasteiger partial charge >= 0.3 is 0 Å². The molecule has 10 aromatic carbocycles. The molecule has 13 rings (SSSR count). The molecule has 0 N–H and O–H groups in total. The van der Waals surface area contributed by atoms with Gasteiger partial charge in [0.15, 0.2) is 0 Å². The van der Waals surface area contributed by atoms with E-state index in [1.165, 1.54) is 0 Å². The van der Waals surface area contributed by atoms with Gasteiger partial charge in [0.1, 0.15) is 5.82 Å². The van der Waals surface area contributed by atoms with Gasteiger partial charge in [-0.3, -0.25) is 0 Å². The second kappa shape index (κ2) is 22.1. The predicted molar refractivity (Wildman–Crippen MR) is 350 cm³/mol. The Morgan fingerprint density at radius 3 is 1.64 bits per heavy atom. The third kappa shape index (κ3) is 10.5. The molecule has 11 aromatic rings. The Hall–Kier alpha value is -8.76. The number of fused-ring (bicyclic) bond motifs is 6. The van der Waals surface area contributed by atoms with Crippen molar-refractivity contribution in [1.29, 1.82) is 0 Å². The molecule has 0 radical (unpaired) electrons. The smallest absolute Gasteiger partial charge is 0.135 e. The van der Waals surface area contributed by atoms with Crippen LogP contribution in [0, 0.1) is 18.8 Å². The van der Waals surface area contributed by atoms with Gasteiger partial charge in [-0.1, -0.05) is 255 Å². The number of rotatable bonds is 9. The van der Waals surface area contributed by atoms with Gasteiger partial charge in [-0.05, 0) is 97.7 Å². The van der Waals surface area contributed by atoms with E-state index in [9.17, 15) is 2.74 Å². The van der Waals surface area contributed by atoms with Gasteiger partial charge in [0.05, 0.1) is 12.5 Å². The zero-order chi connectivity index (χ0) is 61.6. The van der Waals surface area contributed by atoms with Crippen LogP contribution >= 0.6 is 0 Å². The minimum atomic E-state index is -0.443. The van der Waals surface area contributed by atoms with Crippen molar-refractivity contribution in [2.24, 2.45) is 0 Å². The Morgan fingerprint density at radius 2 is 0.988 bits per heavy atom. The van der Waals surface area contributed by atoms with Crippen molar-refractivity contribution >= 4 is 57.0 Å². The van der Waals surface area contributed by atoms with Crippen LogP contribution in [0.15, 0.2) is 243 Å². The van der Waals surface area contributed by atoms with E-state index in [1.54, 1.807) is 0 Å². The molecule has 0 saturated carbocycles. The van der Waals surface area contributed by atoms with Crippen molar-refractivity contribution in [3.8, 4) is 55.6 Å². The predicted octanol–water partition coefficient (Wildman–Crippen LogP) is 21.6. The fourth-order valence-electron chi connectivity index (χ4n) is 11.5.